The fraction of sp³-hybridized carbons (Fsp3) is 0.350. The molecular formula is C20H23ClN6. The van der Waals surface area contributed by atoms with Crippen LogP contribution in [0.15, 0.2) is 54.6 Å². The molecule has 3 aromatic rings. The molecule has 1 saturated heterocycles. The van der Waals surface area contributed by atoms with Gasteiger partial charge in [-0.3, -0.25) is 4.90 Å². The zero-order chi connectivity index (χ0) is 18.6. The maximum Gasteiger partial charge on any atom is 0.173 e. The van der Waals surface area contributed by atoms with Crippen LogP contribution in [0.3, 0.4) is 0 Å². The summed E-state index contributed by atoms with van der Waals surface area (Å²) in [4.78, 5) is 4.80. The Bertz CT molecular complexity index is 856. The molecule has 1 unspecified atom stereocenters. The van der Waals surface area contributed by atoms with Crippen LogP contribution in [0.25, 0.3) is 0 Å². The van der Waals surface area contributed by atoms with Gasteiger partial charge in [0.25, 0.3) is 0 Å². The van der Waals surface area contributed by atoms with Crippen LogP contribution in [0.5, 0.6) is 0 Å². The monoisotopic (exact) mass is 382 g/mol. The third-order valence-corrected chi connectivity index (χ3v) is 5.32. The molecule has 1 aliphatic rings. The molecule has 6 nitrogen and oxygen atoms in total. The predicted octanol–water partition coefficient (Wildman–Crippen LogP) is 2.71. The second-order valence-corrected chi connectivity index (χ2v) is 7.41. The van der Waals surface area contributed by atoms with Crippen molar-refractivity contribution in [3.63, 3.8) is 0 Å². The number of halogens is 1. The first-order chi connectivity index (χ1) is 13.2. The Morgan fingerprint density at radius 1 is 0.963 bits per heavy atom. The summed E-state index contributed by atoms with van der Waals surface area (Å²) >= 11 is 6.12. The van der Waals surface area contributed by atoms with Gasteiger partial charge in [0.05, 0.1) is 12.6 Å². The molecule has 0 radical (unpaired) electrons. The zero-order valence-electron chi connectivity index (χ0n) is 15.4. The number of nitrogens with zero attached hydrogens (tertiary/aromatic N) is 6. The highest BCUT2D eigenvalue weighted by Gasteiger charge is 2.29. The molecule has 0 N–H and O–H groups in total. The minimum Gasteiger partial charge on any atom is -0.304 e. The molecule has 27 heavy (non-hydrogen) atoms. The summed E-state index contributed by atoms with van der Waals surface area (Å²) in [6.45, 7) is 4.67. The van der Waals surface area contributed by atoms with Gasteiger partial charge in [-0.15, -0.1) is 5.10 Å². The lowest BCUT2D eigenvalue weighted by Crippen LogP contribution is -2.46. The lowest BCUT2D eigenvalue weighted by Gasteiger charge is -2.37. The number of hydrogen-bond donors (Lipinski definition) is 0. The standard InChI is InChI=1S/C20H23ClN6/c1-25-11-13-26(14-12-25)19(17-7-9-18(21)10-8-17)20-22-23-24-27(20)15-16-5-3-2-4-6-16/h2-10,19H,11-15H2,1H3. The van der Waals surface area contributed by atoms with Crippen LogP contribution < -0.4 is 0 Å². The lowest BCUT2D eigenvalue weighted by molar-refractivity contribution is 0.121. The van der Waals surface area contributed by atoms with Crippen LogP contribution in [0, 0.1) is 0 Å². The highest BCUT2D eigenvalue weighted by molar-refractivity contribution is 6.30. The minimum atomic E-state index is 0.00896. The number of likely N-dealkylation sites (N-methyl/N-ethyl adjacent to an activating group) is 1. The molecule has 4 rings (SSSR count). The van der Waals surface area contributed by atoms with Gasteiger partial charge in [-0.1, -0.05) is 54.1 Å². The van der Waals surface area contributed by atoms with E-state index in [0.717, 1.165) is 42.6 Å². The van der Waals surface area contributed by atoms with E-state index in [1.165, 1.54) is 5.56 Å². The molecule has 0 spiro atoms. The molecule has 140 valence electrons. The molecular weight excluding hydrogens is 360 g/mol. The maximum atomic E-state index is 6.12. The fourth-order valence-corrected chi connectivity index (χ4v) is 3.65. The quantitative estimate of drug-likeness (QED) is 0.679. The molecule has 7 heteroatoms. The topological polar surface area (TPSA) is 50.1 Å². The van der Waals surface area contributed by atoms with Crippen LogP contribution in [0.1, 0.15) is 23.0 Å². The van der Waals surface area contributed by atoms with Gasteiger partial charge in [0.1, 0.15) is 0 Å². The Hall–Kier alpha value is -2.28. The second kappa shape index (κ2) is 8.17. The Morgan fingerprint density at radius 3 is 2.37 bits per heavy atom. The Labute approximate surface area is 164 Å². The van der Waals surface area contributed by atoms with Gasteiger partial charge in [0.2, 0.25) is 0 Å². The summed E-state index contributed by atoms with van der Waals surface area (Å²) < 4.78 is 1.91. The Kier molecular flexibility index (Phi) is 5.48. The molecule has 0 aliphatic carbocycles. The molecule has 1 fully saturated rings. The summed E-state index contributed by atoms with van der Waals surface area (Å²) in [5.41, 5.74) is 2.34. The van der Waals surface area contributed by atoms with Crippen molar-refractivity contribution in [2.45, 2.75) is 12.6 Å². The van der Waals surface area contributed by atoms with Gasteiger partial charge in [0.15, 0.2) is 5.82 Å². The molecule has 2 aromatic carbocycles. The summed E-state index contributed by atoms with van der Waals surface area (Å²) in [5.74, 6) is 0.866. The summed E-state index contributed by atoms with van der Waals surface area (Å²) in [6, 6.07) is 18.3. The van der Waals surface area contributed by atoms with Crippen LogP contribution in [-0.2, 0) is 6.54 Å². The first kappa shape index (κ1) is 18.1. The van der Waals surface area contributed by atoms with Crippen LogP contribution >= 0.6 is 11.6 Å². The SMILES string of the molecule is CN1CCN(C(c2ccc(Cl)cc2)c2nnnn2Cc2ccccc2)CC1. The molecule has 0 amide bonds. The maximum absolute atomic E-state index is 6.12. The third-order valence-electron chi connectivity index (χ3n) is 5.07. The highest BCUT2D eigenvalue weighted by atomic mass is 35.5. The van der Waals surface area contributed by atoms with Gasteiger partial charge in [-0.2, -0.15) is 0 Å². The van der Waals surface area contributed by atoms with Gasteiger partial charge in [-0.05, 0) is 40.7 Å². The van der Waals surface area contributed by atoms with Crippen LogP contribution in [0.2, 0.25) is 5.02 Å². The molecule has 0 bridgehead atoms. The van der Waals surface area contributed by atoms with Gasteiger partial charge >= 0.3 is 0 Å². The molecule has 2 heterocycles. The Balaban J connectivity index is 1.69. The highest BCUT2D eigenvalue weighted by Crippen LogP contribution is 2.29. The van der Waals surface area contributed by atoms with Gasteiger partial charge < -0.3 is 4.90 Å². The number of aromatic nitrogens is 4. The van der Waals surface area contributed by atoms with E-state index in [4.69, 9.17) is 11.6 Å². The normalized spacial score (nSPS) is 17.1. The number of benzene rings is 2. The van der Waals surface area contributed by atoms with E-state index in [1.54, 1.807) is 0 Å². The van der Waals surface area contributed by atoms with Gasteiger partial charge in [0, 0.05) is 31.2 Å². The predicted molar refractivity (Wildman–Crippen MR) is 106 cm³/mol. The Morgan fingerprint density at radius 2 is 1.67 bits per heavy atom. The smallest absolute Gasteiger partial charge is 0.173 e. The van der Waals surface area contributed by atoms with Crippen molar-refractivity contribution in [1.29, 1.82) is 0 Å². The number of rotatable bonds is 5. The summed E-state index contributed by atoms with van der Waals surface area (Å²) in [7, 11) is 2.16. The molecule has 1 aromatic heterocycles. The zero-order valence-corrected chi connectivity index (χ0v) is 16.1. The first-order valence-corrected chi connectivity index (χ1v) is 9.56. The molecule has 0 saturated carbocycles. The van der Waals surface area contributed by atoms with Crippen molar-refractivity contribution >= 4 is 11.6 Å². The van der Waals surface area contributed by atoms with E-state index in [2.05, 4.69) is 56.6 Å². The van der Waals surface area contributed by atoms with Crippen molar-refractivity contribution in [2.75, 3.05) is 33.2 Å². The summed E-state index contributed by atoms with van der Waals surface area (Å²) in [6.07, 6.45) is 0. The number of piperazine rings is 1. The van der Waals surface area contributed by atoms with E-state index in [-0.39, 0.29) is 6.04 Å². The van der Waals surface area contributed by atoms with E-state index in [0.29, 0.717) is 6.54 Å². The van der Waals surface area contributed by atoms with Crippen molar-refractivity contribution < 1.29 is 0 Å². The van der Waals surface area contributed by atoms with Crippen LogP contribution in [-0.4, -0.2) is 63.2 Å². The second-order valence-electron chi connectivity index (χ2n) is 6.97. The lowest BCUT2D eigenvalue weighted by atomic mass is 10.0. The fourth-order valence-electron chi connectivity index (χ4n) is 3.52. The number of tetrazole rings is 1. The average Bonchev–Trinajstić information content (AvgIpc) is 3.13. The first-order valence-electron chi connectivity index (χ1n) is 9.19. The van der Waals surface area contributed by atoms with Crippen molar-refractivity contribution in [3.8, 4) is 0 Å². The van der Waals surface area contributed by atoms with E-state index in [9.17, 15) is 0 Å². The largest absolute Gasteiger partial charge is 0.304 e. The summed E-state index contributed by atoms with van der Waals surface area (Å²) in [5, 5.41) is 13.4. The third kappa shape index (κ3) is 4.18. The van der Waals surface area contributed by atoms with E-state index in [1.807, 2.05) is 35.0 Å². The molecule has 1 aliphatic heterocycles. The van der Waals surface area contributed by atoms with Crippen molar-refractivity contribution in [2.24, 2.45) is 0 Å². The van der Waals surface area contributed by atoms with E-state index >= 15 is 0 Å². The molecule has 1 atom stereocenters. The average molecular weight is 383 g/mol. The number of hydrogen-bond acceptors (Lipinski definition) is 5. The van der Waals surface area contributed by atoms with Crippen LogP contribution in [0.4, 0.5) is 0 Å². The minimum absolute atomic E-state index is 0.00896. The van der Waals surface area contributed by atoms with Gasteiger partial charge in [-0.25, -0.2) is 4.68 Å². The van der Waals surface area contributed by atoms with Crippen molar-refractivity contribution in [3.05, 3.63) is 76.6 Å². The van der Waals surface area contributed by atoms with E-state index < -0.39 is 0 Å². The van der Waals surface area contributed by atoms with Crippen molar-refractivity contribution in [1.82, 2.24) is 30.0 Å².